The van der Waals surface area contributed by atoms with Gasteiger partial charge < -0.3 is 10.1 Å². The number of rotatable bonds is 5. The Labute approximate surface area is 165 Å². The minimum atomic E-state index is -0.179. The first-order valence-electron chi connectivity index (χ1n) is 9.67. The number of hydrogen-bond acceptors (Lipinski definition) is 3. The number of halogens is 1. The first kappa shape index (κ1) is 18.3. The van der Waals surface area contributed by atoms with Gasteiger partial charge in [-0.25, -0.2) is 0 Å². The second kappa shape index (κ2) is 8.32. The van der Waals surface area contributed by atoms with Crippen molar-refractivity contribution in [1.82, 2.24) is 10.2 Å². The lowest BCUT2D eigenvalue weighted by Gasteiger charge is -2.25. The standard InChI is InChI=1S/C22H25ClN2O2/c23-20-7-8-21-18(12-20)11-19(15-27-21)22(26)24-13-16-5-1-2-6-17(16)14-25-9-3-4-10-25/h1-2,5-8,12,19H,3-4,9-11,13-15H2,(H,24,26)/t19-/m1/s1. The largest absolute Gasteiger partial charge is 0.492 e. The maximum Gasteiger partial charge on any atom is 0.227 e. The summed E-state index contributed by atoms with van der Waals surface area (Å²) >= 11 is 6.07. The minimum Gasteiger partial charge on any atom is -0.492 e. The summed E-state index contributed by atoms with van der Waals surface area (Å²) in [5.74, 6) is 0.692. The topological polar surface area (TPSA) is 41.6 Å². The smallest absolute Gasteiger partial charge is 0.227 e. The molecule has 2 aliphatic rings. The van der Waals surface area contributed by atoms with Crippen LogP contribution in [-0.2, 0) is 24.3 Å². The van der Waals surface area contributed by atoms with Crippen molar-refractivity contribution in [3.63, 3.8) is 0 Å². The van der Waals surface area contributed by atoms with E-state index in [-0.39, 0.29) is 11.8 Å². The Morgan fingerprint density at radius 3 is 2.74 bits per heavy atom. The van der Waals surface area contributed by atoms with Gasteiger partial charge in [-0.3, -0.25) is 9.69 Å². The molecule has 0 bridgehead atoms. The number of benzene rings is 2. The van der Waals surface area contributed by atoms with Gasteiger partial charge in [-0.1, -0.05) is 35.9 Å². The van der Waals surface area contributed by atoms with E-state index in [1.54, 1.807) is 0 Å². The quantitative estimate of drug-likeness (QED) is 0.852. The van der Waals surface area contributed by atoms with Gasteiger partial charge in [0, 0.05) is 18.1 Å². The molecule has 2 aromatic carbocycles. The normalized spacial score (nSPS) is 19.4. The summed E-state index contributed by atoms with van der Waals surface area (Å²) in [5, 5.41) is 3.78. The first-order valence-corrected chi connectivity index (χ1v) is 10.0. The Morgan fingerprint density at radius 2 is 1.93 bits per heavy atom. The van der Waals surface area contributed by atoms with Crippen LogP contribution >= 0.6 is 11.6 Å². The van der Waals surface area contributed by atoms with Gasteiger partial charge in [0.25, 0.3) is 0 Å². The van der Waals surface area contributed by atoms with Gasteiger partial charge in [0.2, 0.25) is 5.91 Å². The lowest BCUT2D eigenvalue weighted by Crippen LogP contribution is -2.37. The van der Waals surface area contributed by atoms with Crippen molar-refractivity contribution in [3.05, 3.63) is 64.2 Å². The monoisotopic (exact) mass is 384 g/mol. The molecule has 0 radical (unpaired) electrons. The molecule has 5 heteroatoms. The SMILES string of the molecule is O=C(NCc1ccccc1CN1CCCC1)[C@H]1COc2ccc(Cl)cc2C1. The molecule has 0 spiro atoms. The lowest BCUT2D eigenvalue weighted by atomic mass is 9.96. The van der Waals surface area contributed by atoms with Crippen LogP contribution in [0.15, 0.2) is 42.5 Å². The van der Waals surface area contributed by atoms with E-state index in [0.717, 1.165) is 17.9 Å². The number of ether oxygens (including phenoxy) is 1. The second-order valence-corrected chi connectivity index (χ2v) is 7.87. The van der Waals surface area contributed by atoms with Gasteiger partial charge in [0.05, 0.1) is 5.92 Å². The Morgan fingerprint density at radius 1 is 1.15 bits per heavy atom. The summed E-state index contributed by atoms with van der Waals surface area (Å²) in [6.45, 7) is 4.27. The summed E-state index contributed by atoms with van der Waals surface area (Å²) in [5.41, 5.74) is 3.50. The fourth-order valence-corrected chi connectivity index (χ4v) is 4.12. The third kappa shape index (κ3) is 4.45. The molecule has 27 heavy (non-hydrogen) atoms. The predicted octanol–water partition coefficient (Wildman–Crippen LogP) is 3.80. The van der Waals surface area contributed by atoms with E-state index in [2.05, 4.69) is 28.4 Å². The lowest BCUT2D eigenvalue weighted by molar-refractivity contribution is -0.126. The predicted molar refractivity (Wildman–Crippen MR) is 107 cm³/mol. The van der Waals surface area contributed by atoms with Crippen molar-refractivity contribution < 1.29 is 9.53 Å². The fourth-order valence-electron chi connectivity index (χ4n) is 3.92. The average molecular weight is 385 g/mol. The summed E-state index contributed by atoms with van der Waals surface area (Å²) in [6.07, 6.45) is 3.23. The molecule has 1 atom stereocenters. The van der Waals surface area contributed by atoms with Crippen molar-refractivity contribution in [2.75, 3.05) is 19.7 Å². The van der Waals surface area contributed by atoms with Crippen molar-refractivity contribution in [2.24, 2.45) is 5.92 Å². The van der Waals surface area contributed by atoms with Crippen LogP contribution in [0.25, 0.3) is 0 Å². The molecule has 1 saturated heterocycles. The Hall–Kier alpha value is -2.04. The van der Waals surface area contributed by atoms with Crippen LogP contribution in [0.2, 0.25) is 5.02 Å². The number of nitrogens with one attached hydrogen (secondary N) is 1. The molecule has 1 N–H and O–H groups in total. The molecule has 2 heterocycles. The Balaban J connectivity index is 1.37. The highest BCUT2D eigenvalue weighted by atomic mass is 35.5. The third-order valence-corrected chi connectivity index (χ3v) is 5.70. The third-order valence-electron chi connectivity index (χ3n) is 5.46. The van der Waals surface area contributed by atoms with Crippen LogP contribution in [0, 0.1) is 5.92 Å². The molecule has 0 aromatic heterocycles. The van der Waals surface area contributed by atoms with E-state index in [9.17, 15) is 4.79 Å². The summed E-state index contributed by atoms with van der Waals surface area (Å²) in [4.78, 5) is 15.2. The first-order chi connectivity index (χ1) is 13.2. The van der Waals surface area contributed by atoms with Crippen LogP contribution in [0.3, 0.4) is 0 Å². The highest BCUT2D eigenvalue weighted by Gasteiger charge is 2.26. The minimum absolute atomic E-state index is 0.0385. The van der Waals surface area contributed by atoms with Crippen molar-refractivity contribution in [2.45, 2.75) is 32.4 Å². The van der Waals surface area contributed by atoms with E-state index in [4.69, 9.17) is 16.3 Å². The number of likely N-dealkylation sites (tertiary alicyclic amines) is 1. The van der Waals surface area contributed by atoms with Crippen LogP contribution < -0.4 is 10.1 Å². The van der Waals surface area contributed by atoms with Crippen LogP contribution in [-0.4, -0.2) is 30.5 Å². The maximum atomic E-state index is 12.7. The number of carbonyl (C=O) groups is 1. The zero-order valence-electron chi connectivity index (χ0n) is 15.4. The van der Waals surface area contributed by atoms with E-state index in [0.29, 0.717) is 24.6 Å². The molecule has 4 nitrogen and oxygen atoms in total. The number of amides is 1. The number of fused-ring (bicyclic) bond motifs is 1. The summed E-state index contributed by atoms with van der Waals surface area (Å²) in [6, 6.07) is 14.0. The molecule has 0 unspecified atom stereocenters. The number of hydrogen-bond donors (Lipinski definition) is 1. The Bertz CT molecular complexity index is 818. The zero-order valence-corrected chi connectivity index (χ0v) is 16.2. The van der Waals surface area contributed by atoms with Gasteiger partial charge in [0.1, 0.15) is 12.4 Å². The Kier molecular flexibility index (Phi) is 5.65. The van der Waals surface area contributed by atoms with E-state index < -0.39 is 0 Å². The molecule has 0 aliphatic carbocycles. The van der Waals surface area contributed by atoms with Gasteiger partial charge >= 0.3 is 0 Å². The fraction of sp³-hybridized carbons (Fsp3) is 0.409. The molecular weight excluding hydrogens is 360 g/mol. The van der Waals surface area contributed by atoms with Gasteiger partial charge in [-0.05, 0) is 67.2 Å². The molecule has 0 saturated carbocycles. The second-order valence-electron chi connectivity index (χ2n) is 7.43. The highest BCUT2D eigenvalue weighted by Crippen LogP contribution is 2.30. The van der Waals surface area contributed by atoms with Crippen LogP contribution in [0.1, 0.15) is 29.5 Å². The van der Waals surface area contributed by atoms with E-state index in [1.165, 1.54) is 37.1 Å². The van der Waals surface area contributed by atoms with Crippen LogP contribution in [0.4, 0.5) is 0 Å². The average Bonchev–Trinajstić information content (AvgIpc) is 3.19. The molecule has 2 aliphatic heterocycles. The van der Waals surface area contributed by atoms with Crippen molar-refractivity contribution in [3.8, 4) is 5.75 Å². The van der Waals surface area contributed by atoms with Gasteiger partial charge in [-0.15, -0.1) is 0 Å². The molecule has 4 rings (SSSR count). The molecule has 1 amide bonds. The van der Waals surface area contributed by atoms with E-state index in [1.807, 2.05) is 24.3 Å². The summed E-state index contributed by atoms with van der Waals surface area (Å²) < 4.78 is 5.75. The van der Waals surface area contributed by atoms with Crippen LogP contribution in [0.5, 0.6) is 5.75 Å². The highest BCUT2D eigenvalue weighted by molar-refractivity contribution is 6.30. The van der Waals surface area contributed by atoms with Gasteiger partial charge in [-0.2, -0.15) is 0 Å². The number of carbonyl (C=O) groups excluding carboxylic acids is 1. The molecular formula is C22H25ClN2O2. The van der Waals surface area contributed by atoms with E-state index >= 15 is 0 Å². The van der Waals surface area contributed by atoms with Crippen molar-refractivity contribution in [1.29, 1.82) is 0 Å². The maximum absolute atomic E-state index is 12.7. The van der Waals surface area contributed by atoms with Gasteiger partial charge in [0.15, 0.2) is 0 Å². The molecule has 142 valence electrons. The summed E-state index contributed by atoms with van der Waals surface area (Å²) in [7, 11) is 0. The zero-order chi connectivity index (χ0) is 18.6. The molecule has 2 aromatic rings. The number of nitrogens with zero attached hydrogens (tertiary/aromatic N) is 1. The van der Waals surface area contributed by atoms with Crippen molar-refractivity contribution >= 4 is 17.5 Å². The molecule has 1 fully saturated rings.